The minimum atomic E-state index is -3.63. The van der Waals surface area contributed by atoms with Gasteiger partial charge in [-0.3, -0.25) is 4.79 Å². The molecule has 0 aromatic heterocycles. The Balaban J connectivity index is 1.87. The van der Waals surface area contributed by atoms with E-state index in [1.165, 1.54) is 21.3 Å². The average molecular weight is 404 g/mol. The first kappa shape index (κ1) is 20.3. The third-order valence-corrected chi connectivity index (χ3v) is 6.83. The van der Waals surface area contributed by atoms with Crippen LogP contribution in [-0.4, -0.2) is 70.9 Å². The van der Waals surface area contributed by atoms with Crippen molar-refractivity contribution in [2.24, 2.45) is 0 Å². The fourth-order valence-corrected chi connectivity index (χ4v) is 4.65. The first-order valence-electron chi connectivity index (χ1n) is 9.04. The Labute approximate surface area is 166 Å². The number of methoxy groups -OCH3 is 1. The molecule has 2 aromatic carbocycles. The second-order valence-electron chi connectivity index (χ2n) is 6.77. The lowest BCUT2D eigenvalue weighted by atomic mass is 10.2. The number of amides is 1. The molecule has 8 heteroatoms. The second-order valence-corrected chi connectivity index (χ2v) is 8.71. The first-order valence-corrected chi connectivity index (χ1v) is 10.5. The monoisotopic (exact) mass is 403 g/mol. The van der Waals surface area contributed by atoms with Crippen molar-refractivity contribution in [1.29, 1.82) is 0 Å². The van der Waals surface area contributed by atoms with Crippen LogP contribution < -0.4 is 9.64 Å². The highest BCUT2D eigenvalue weighted by molar-refractivity contribution is 7.89. The number of ether oxygens (including phenoxy) is 1. The van der Waals surface area contributed by atoms with Gasteiger partial charge in [0.25, 0.3) is 5.91 Å². The summed E-state index contributed by atoms with van der Waals surface area (Å²) in [5, 5.41) is 0. The number of anilines is 1. The summed E-state index contributed by atoms with van der Waals surface area (Å²) in [7, 11) is 1.52. The predicted molar refractivity (Wildman–Crippen MR) is 108 cm³/mol. The van der Waals surface area contributed by atoms with E-state index in [0.717, 1.165) is 0 Å². The number of likely N-dealkylation sites (N-methyl/N-ethyl adjacent to an activating group) is 1. The molecular weight excluding hydrogens is 378 g/mol. The molecule has 1 heterocycles. The van der Waals surface area contributed by atoms with Crippen molar-refractivity contribution in [3.05, 3.63) is 54.1 Å². The molecule has 1 amide bonds. The standard InChI is InChI=1S/C20H25N3O4S/c1-21-11-13-23(14-12-21)28(25,26)17-8-6-7-16(15-17)20(24)22(2)18-9-4-5-10-19(18)27-3/h4-10,15H,11-14H2,1-3H3. The number of sulfonamides is 1. The van der Waals surface area contributed by atoms with E-state index in [9.17, 15) is 13.2 Å². The van der Waals surface area contributed by atoms with Crippen LogP contribution in [0, 0.1) is 0 Å². The fourth-order valence-electron chi connectivity index (χ4n) is 3.18. The highest BCUT2D eigenvalue weighted by Gasteiger charge is 2.28. The van der Waals surface area contributed by atoms with E-state index in [1.807, 2.05) is 19.2 Å². The number of nitrogens with zero attached hydrogens (tertiary/aromatic N) is 3. The van der Waals surface area contributed by atoms with Gasteiger partial charge >= 0.3 is 0 Å². The number of para-hydroxylation sites is 2. The van der Waals surface area contributed by atoms with Crippen LogP contribution in [0.5, 0.6) is 5.75 Å². The van der Waals surface area contributed by atoms with Gasteiger partial charge in [0.2, 0.25) is 10.0 Å². The summed E-state index contributed by atoms with van der Waals surface area (Å²) in [5.41, 5.74) is 0.922. The topological polar surface area (TPSA) is 70.2 Å². The van der Waals surface area contributed by atoms with Gasteiger partial charge in [0, 0.05) is 38.8 Å². The number of carbonyl (C=O) groups excluding carboxylic acids is 1. The minimum absolute atomic E-state index is 0.135. The van der Waals surface area contributed by atoms with Gasteiger partial charge in [-0.05, 0) is 37.4 Å². The van der Waals surface area contributed by atoms with Crippen LogP contribution in [0.4, 0.5) is 5.69 Å². The number of benzene rings is 2. The summed E-state index contributed by atoms with van der Waals surface area (Å²) in [6.45, 7) is 2.26. The Morgan fingerprint density at radius 2 is 1.71 bits per heavy atom. The zero-order chi connectivity index (χ0) is 20.3. The molecule has 0 N–H and O–H groups in total. The third kappa shape index (κ3) is 4.04. The van der Waals surface area contributed by atoms with Crippen LogP contribution in [0.1, 0.15) is 10.4 Å². The molecule has 0 radical (unpaired) electrons. The predicted octanol–water partition coefficient (Wildman–Crippen LogP) is 1.91. The molecular formula is C20H25N3O4S. The second kappa shape index (κ2) is 8.30. The zero-order valence-electron chi connectivity index (χ0n) is 16.3. The van der Waals surface area contributed by atoms with E-state index in [4.69, 9.17) is 4.74 Å². The SMILES string of the molecule is COc1ccccc1N(C)C(=O)c1cccc(S(=O)(=O)N2CCN(C)CC2)c1. The molecule has 0 atom stereocenters. The smallest absolute Gasteiger partial charge is 0.258 e. The molecule has 0 unspecified atom stereocenters. The van der Waals surface area contributed by atoms with Crippen molar-refractivity contribution >= 4 is 21.6 Å². The van der Waals surface area contributed by atoms with E-state index in [0.29, 0.717) is 43.2 Å². The van der Waals surface area contributed by atoms with Crippen molar-refractivity contribution in [1.82, 2.24) is 9.21 Å². The summed E-state index contributed by atoms with van der Waals surface area (Å²) >= 11 is 0. The van der Waals surface area contributed by atoms with Gasteiger partial charge in [0.05, 0.1) is 17.7 Å². The molecule has 0 spiro atoms. The quantitative estimate of drug-likeness (QED) is 0.763. The van der Waals surface area contributed by atoms with Gasteiger partial charge in [-0.15, -0.1) is 0 Å². The van der Waals surface area contributed by atoms with Gasteiger partial charge < -0.3 is 14.5 Å². The van der Waals surface area contributed by atoms with Crippen LogP contribution in [0.3, 0.4) is 0 Å². The summed E-state index contributed by atoms with van der Waals surface area (Å²) in [4.78, 5) is 16.7. The van der Waals surface area contributed by atoms with E-state index in [-0.39, 0.29) is 10.8 Å². The molecule has 1 saturated heterocycles. The Bertz CT molecular complexity index is 953. The molecule has 150 valence electrons. The van der Waals surface area contributed by atoms with Crippen LogP contribution in [0.15, 0.2) is 53.4 Å². The summed E-state index contributed by atoms with van der Waals surface area (Å²) in [5.74, 6) is 0.263. The highest BCUT2D eigenvalue weighted by atomic mass is 32.2. The maximum Gasteiger partial charge on any atom is 0.258 e. The highest BCUT2D eigenvalue weighted by Crippen LogP contribution is 2.28. The minimum Gasteiger partial charge on any atom is -0.495 e. The number of hydrogen-bond donors (Lipinski definition) is 0. The van der Waals surface area contributed by atoms with E-state index >= 15 is 0 Å². The number of piperazine rings is 1. The summed E-state index contributed by atoms with van der Waals surface area (Å²) < 4.78 is 32.7. The zero-order valence-corrected chi connectivity index (χ0v) is 17.1. The van der Waals surface area contributed by atoms with Crippen molar-refractivity contribution in [3.63, 3.8) is 0 Å². The van der Waals surface area contributed by atoms with Crippen molar-refractivity contribution in [3.8, 4) is 5.75 Å². The Morgan fingerprint density at radius 1 is 1.04 bits per heavy atom. The van der Waals surface area contributed by atoms with Crippen molar-refractivity contribution in [2.75, 3.05) is 52.3 Å². The summed E-state index contributed by atoms with van der Waals surface area (Å²) in [6.07, 6.45) is 0. The lowest BCUT2D eigenvalue weighted by molar-refractivity contribution is 0.0992. The largest absolute Gasteiger partial charge is 0.495 e. The van der Waals surface area contributed by atoms with Crippen LogP contribution in [0.25, 0.3) is 0 Å². The van der Waals surface area contributed by atoms with E-state index in [1.54, 1.807) is 38.4 Å². The molecule has 1 aliphatic rings. The fraction of sp³-hybridized carbons (Fsp3) is 0.350. The Kier molecular flexibility index (Phi) is 6.02. The molecule has 1 fully saturated rings. The molecule has 0 saturated carbocycles. The van der Waals surface area contributed by atoms with Crippen LogP contribution >= 0.6 is 0 Å². The maximum atomic E-state index is 13.0. The Hall–Kier alpha value is -2.42. The van der Waals surface area contributed by atoms with Gasteiger partial charge in [0.15, 0.2) is 0 Å². The van der Waals surface area contributed by atoms with Crippen LogP contribution in [0.2, 0.25) is 0 Å². The van der Waals surface area contributed by atoms with E-state index < -0.39 is 10.0 Å². The molecule has 2 aromatic rings. The van der Waals surface area contributed by atoms with Crippen LogP contribution in [-0.2, 0) is 10.0 Å². The summed E-state index contributed by atoms with van der Waals surface area (Å²) in [6, 6.07) is 13.4. The average Bonchev–Trinajstić information content (AvgIpc) is 2.73. The van der Waals surface area contributed by atoms with Crippen molar-refractivity contribution < 1.29 is 17.9 Å². The normalized spacial score (nSPS) is 16.0. The van der Waals surface area contributed by atoms with E-state index in [2.05, 4.69) is 4.90 Å². The van der Waals surface area contributed by atoms with Gasteiger partial charge in [-0.2, -0.15) is 4.31 Å². The van der Waals surface area contributed by atoms with Gasteiger partial charge in [0.1, 0.15) is 5.75 Å². The molecule has 3 rings (SSSR count). The lowest BCUT2D eigenvalue weighted by Gasteiger charge is -2.31. The number of carbonyl (C=O) groups is 1. The third-order valence-electron chi connectivity index (χ3n) is 4.93. The molecule has 1 aliphatic heterocycles. The molecule has 0 aliphatic carbocycles. The molecule has 7 nitrogen and oxygen atoms in total. The van der Waals surface area contributed by atoms with Gasteiger partial charge in [-0.25, -0.2) is 8.42 Å². The van der Waals surface area contributed by atoms with Gasteiger partial charge in [-0.1, -0.05) is 18.2 Å². The molecule has 0 bridgehead atoms. The maximum absolute atomic E-state index is 13.0. The number of hydrogen-bond acceptors (Lipinski definition) is 5. The van der Waals surface area contributed by atoms with Crippen molar-refractivity contribution in [2.45, 2.75) is 4.90 Å². The molecule has 28 heavy (non-hydrogen) atoms. The first-order chi connectivity index (χ1) is 13.3. The number of rotatable bonds is 5. The Morgan fingerprint density at radius 3 is 2.39 bits per heavy atom. The lowest BCUT2D eigenvalue weighted by Crippen LogP contribution is -2.47.